The molecule has 0 saturated heterocycles. The van der Waals surface area contributed by atoms with E-state index in [1.165, 1.54) is 16.7 Å². The number of halogens is 1. The number of methoxy groups -OCH3 is 3. The van der Waals surface area contributed by atoms with Crippen molar-refractivity contribution in [3.8, 4) is 17.2 Å². The van der Waals surface area contributed by atoms with Crippen molar-refractivity contribution in [2.75, 3.05) is 27.9 Å². The maximum atomic E-state index is 5.46. The third-order valence-corrected chi connectivity index (χ3v) is 4.40. The van der Waals surface area contributed by atoms with Crippen molar-refractivity contribution in [2.24, 2.45) is 0 Å². The van der Waals surface area contributed by atoms with E-state index in [0.717, 1.165) is 36.6 Å². The quantitative estimate of drug-likeness (QED) is 0.839. The largest absolute Gasteiger partial charge is 0.497 e. The maximum absolute atomic E-state index is 5.46. The van der Waals surface area contributed by atoms with Crippen LogP contribution in [0.1, 0.15) is 22.7 Å². The van der Waals surface area contributed by atoms with E-state index in [1.807, 2.05) is 12.1 Å². The fourth-order valence-electron chi connectivity index (χ4n) is 3.15. The van der Waals surface area contributed by atoms with Gasteiger partial charge < -0.3 is 19.5 Å². The van der Waals surface area contributed by atoms with Gasteiger partial charge in [-0.1, -0.05) is 12.1 Å². The van der Waals surface area contributed by atoms with Crippen LogP contribution < -0.4 is 19.5 Å². The summed E-state index contributed by atoms with van der Waals surface area (Å²) in [7, 11) is 5.05. The zero-order valence-electron chi connectivity index (χ0n) is 14.3. The molecular weight excluding hydrogens is 370 g/mol. The molecule has 1 N–H and O–H groups in total. The van der Waals surface area contributed by atoms with Crippen LogP contribution in [0.15, 0.2) is 36.4 Å². The van der Waals surface area contributed by atoms with Gasteiger partial charge in [0.1, 0.15) is 5.75 Å². The minimum Gasteiger partial charge on any atom is -0.497 e. The molecule has 0 bridgehead atoms. The molecule has 3 rings (SSSR count). The standard InChI is InChI=1S/C19H23NO3.BrH/c1-21-15-6-4-13(5-7-15)10-17-16-12-19(23-3)18(22-2)11-14(16)8-9-20-17;/h4-7,11-12,17,20H,8-10H2,1-3H3;1H/t17-;/m0./s1. The molecule has 2 aromatic carbocycles. The summed E-state index contributed by atoms with van der Waals surface area (Å²) >= 11 is 0. The lowest BCUT2D eigenvalue weighted by molar-refractivity contribution is 0.352. The normalized spacial score (nSPS) is 15.9. The van der Waals surface area contributed by atoms with Gasteiger partial charge in [0.2, 0.25) is 0 Å². The van der Waals surface area contributed by atoms with Gasteiger partial charge in [0.15, 0.2) is 11.5 Å². The summed E-state index contributed by atoms with van der Waals surface area (Å²) in [4.78, 5) is 0. The van der Waals surface area contributed by atoms with E-state index >= 15 is 0 Å². The Morgan fingerprint density at radius 1 is 0.958 bits per heavy atom. The van der Waals surface area contributed by atoms with E-state index in [9.17, 15) is 0 Å². The summed E-state index contributed by atoms with van der Waals surface area (Å²) in [6, 6.07) is 12.8. The molecule has 0 radical (unpaired) electrons. The van der Waals surface area contributed by atoms with Crippen LogP contribution in [0.4, 0.5) is 0 Å². The molecule has 24 heavy (non-hydrogen) atoms. The highest BCUT2D eigenvalue weighted by atomic mass is 79.9. The Morgan fingerprint density at radius 3 is 2.25 bits per heavy atom. The number of ether oxygens (including phenoxy) is 3. The lowest BCUT2D eigenvalue weighted by Gasteiger charge is -2.28. The number of nitrogens with one attached hydrogen (secondary N) is 1. The van der Waals surface area contributed by atoms with E-state index in [-0.39, 0.29) is 23.0 Å². The van der Waals surface area contributed by atoms with Crippen LogP contribution in [0.5, 0.6) is 17.2 Å². The monoisotopic (exact) mass is 393 g/mol. The smallest absolute Gasteiger partial charge is 0.161 e. The average Bonchev–Trinajstić information content (AvgIpc) is 2.61. The van der Waals surface area contributed by atoms with Crippen molar-refractivity contribution in [1.29, 1.82) is 0 Å². The van der Waals surface area contributed by atoms with Gasteiger partial charge in [-0.25, -0.2) is 0 Å². The molecule has 1 aliphatic rings. The number of hydrogen-bond acceptors (Lipinski definition) is 4. The molecule has 0 spiro atoms. The van der Waals surface area contributed by atoms with E-state index in [2.05, 4.69) is 29.6 Å². The topological polar surface area (TPSA) is 39.7 Å². The SMILES string of the molecule is Br.COc1ccc(C[C@@H]2NCCc3cc(OC)c(OC)cc32)cc1. The zero-order valence-corrected chi connectivity index (χ0v) is 16.0. The van der Waals surface area contributed by atoms with Gasteiger partial charge in [0.25, 0.3) is 0 Å². The Hall–Kier alpha value is -1.72. The molecule has 0 aromatic heterocycles. The van der Waals surface area contributed by atoms with Crippen molar-refractivity contribution in [3.05, 3.63) is 53.1 Å². The second kappa shape index (κ2) is 8.40. The fraction of sp³-hybridized carbons (Fsp3) is 0.368. The summed E-state index contributed by atoms with van der Waals surface area (Å²) in [6.45, 7) is 0.976. The first-order valence-electron chi connectivity index (χ1n) is 7.86. The molecule has 5 heteroatoms. The fourth-order valence-corrected chi connectivity index (χ4v) is 3.15. The molecule has 2 aromatic rings. The van der Waals surface area contributed by atoms with Gasteiger partial charge in [-0.2, -0.15) is 0 Å². The van der Waals surface area contributed by atoms with Crippen molar-refractivity contribution >= 4 is 17.0 Å². The Balaban J connectivity index is 0.00000208. The average molecular weight is 394 g/mol. The predicted molar refractivity (Wildman–Crippen MR) is 101 cm³/mol. The van der Waals surface area contributed by atoms with Gasteiger partial charge in [0, 0.05) is 6.04 Å². The van der Waals surface area contributed by atoms with Gasteiger partial charge in [-0.3, -0.25) is 0 Å². The highest BCUT2D eigenvalue weighted by Crippen LogP contribution is 2.36. The number of benzene rings is 2. The Labute approximate surface area is 153 Å². The second-order valence-corrected chi connectivity index (χ2v) is 5.71. The van der Waals surface area contributed by atoms with Crippen LogP contribution in [0.3, 0.4) is 0 Å². The van der Waals surface area contributed by atoms with Gasteiger partial charge in [-0.05, 0) is 60.3 Å². The molecule has 0 saturated carbocycles. The Bertz CT molecular complexity index is 673. The molecule has 1 atom stereocenters. The molecular formula is C19H24BrNO3. The van der Waals surface area contributed by atoms with Crippen LogP contribution >= 0.6 is 17.0 Å². The molecule has 0 amide bonds. The van der Waals surface area contributed by atoms with E-state index < -0.39 is 0 Å². The molecule has 0 fully saturated rings. The van der Waals surface area contributed by atoms with Crippen molar-refractivity contribution in [1.82, 2.24) is 5.32 Å². The summed E-state index contributed by atoms with van der Waals surface area (Å²) in [5.41, 5.74) is 3.91. The van der Waals surface area contributed by atoms with E-state index in [1.54, 1.807) is 21.3 Å². The first kappa shape index (κ1) is 18.6. The minimum atomic E-state index is 0. The third-order valence-electron chi connectivity index (χ3n) is 4.40. The molecule has 1 heterocycles. The van der Waals surface area contributed by atoms with Crippen LogP contribution in [0, 0.1) is 0 Å². The third kappa shape index (κ3) is 3.84. The summed E-state index contributed by atoms with van der Waals surface area (Å²) < 4.78 is 16.1. The molecule has 1 aliphatic heterocycles. The summed E-state index contributed by atoms with van der Waals surface area (Å²) in [5, 5.41) is 3.61. The number of hydrogen-bond donors (Lipinski definition) is 1. The maximum Gasteiger partial charge on any atom is 0.161 e. The summed E-state index contributed by atoms with van der Waals surface area (Å²) in [6.07, 6.45) is 1.95. The van der Waals surface area contributed by atoms with E-state index in [0.29, 0.717) is 0 Å². The molecule has 0 aliphatic carbocycles. The van der Waals surface area contributed by atoms with Crippen molar-refractivity contribution < 1.29 is 14.2 Å². The first-order chi connectivity index (χ1) is 11.2. The van der Waals surface area contributed by atoms with Crippen LogP contribution in [0.25, 0.3) is 0 Å². The second-order valence-electron chi connectivity index (χ2n) is 5.71. The van der Waals surface area contributed by atoms with Crippen molar-refractivity contribution in [3.63, 3.8) is 0 Å². The molecule has 4 nitrogen and oxygen atoms in total. The van der Waals surface area contributed by atoms with Gasteiger partial charge in [-0.15, -0.1) is 17.0 Å². The summed E-state index contributed by atoms with van der Waals surface area (Å²) in [5.74, 6) is 2.48. The highest BCUT2D eigenvalue weighted by Gasteiger charge is 2.22. The molecule has 130 valence electrons. The highest BCUT2D eigenvalue weighted by molar-refractivity contribution is 8.93. The molecule has 0 unspecified atom stereocenters. The van der Waals surface area contributed by atoms with Crippen molar-refractivity contribution in [2.45, 2.75) is 18.9 Å². The number of rotatable bonds is 5. The van der Waals surface area contributed by atoms with Gasteiger partial charge >= 0.3 is 0 Å². The van der Waals surface area contributed by atoms with Crippen LogP contribution in [0.2, 0.25) is 0 Å². The Kier molecular flexibility index (Phi) is 6.52. The Morgan fingerprint density at radius 2 is 1.62 bits per heavy atom. The zero-order chi connectivity index (χ0) is 16.2. The lowest BCUT2D eigenvalue weighted by atomic mass is 9.90. The van der Waals surface area contributed by atoms with Crippen LogP contribution in [-0.4, -0.2) is 27.9 Å². The predicted octanol–water partition coefficient (Wildman–Crippen LogP) is 3.72. The first-order valence-corrected chi connectivity index (χ1v) is 7.86. The van der Waals surface area contributed by atoms with E-state index in [4.69, 9.17) is 14.2 Å². The number of fused-ring (bicyclic) bond motifs is 1. The van der Waals surface area contributed by atoms with Crippen LogP contribution in [-0.2, 0) is 12.8 Å². The van der Waals surface area contributed by atoms with Gasteiger partial charge in [0.05, 0.1) is 21.3 Å². The lowest BCUT2D eigenvalue weighted by Crippen LogP contribution is -2.31. The minimum absolute atomic E-state index is 0.